The van der Waals surface area contributed by atoms with Crippen molar-refractivity contribution in [3.05, 3.63) is 41.6 Å². The smallest absolute Gasteiger partial charge is 0.244 e. The third kappa shape index (κ3) is 4.90. The zero-order valence-corrected chi connectivity index (χ0v) is 15.1. The molecule has 0 aliphatic carbocycles. The lowest BCUT2D eigenvalue weighted by Crippen LogP contribution is -2.36. The lowest BCUT2D eigenvalue weighted by molar-refractivity contribution is -0.123. The molecule has 2 amide bonds. The van der Waals surface area contributed by atoms with Gasteiger partial charge in [-0.2, -0.15) is 5.10 Å². The second kappa shape index (κ2) is 7.48. The first-order valence-corrected chi connectivity index (χ1v) is 8.15. The van der Waals surface area contributed by atoms with Crippen molar-refractivity contribution >= 4 is 17.6 Å². The first-order valence-electron chi connectivity index (χ1n) is 8.15. The van der Waals surface area contributed by atoms with Crippen LogP contribution in [0.2, 0.25) is 0 Å². The van der Waals surface area contributed by atoms with Gasteiger partial charge in [-0.25, -0.2) is 4.68 Å². The van der Waals surface area contributed by atoms with Crippen molar-refractivity contribution in [2.45, 2.75) is 33.1 Å². The monoisotopic (exact) mass is 343 g/mol. The van der Waals surface area contributed by atoms with Gasteiger partial charge in [-0.3, -0.25) is 9.59 Å². The van der Waals surface area contributed by atoms with E-state index in [0.717, 1.165) is 16.9 Å². The summed E-state index contributed by atoms with van der Waals surface area (Å²) in [5, 5.41) is 9.91. The number of hydrogen-bond donors (Lipinski definition) is 3. The van der Waals surface area contributed by atoms with Crippen LogP contribution in [0.25, 0.3) is 5.69 Å². The number of aryl methyl sites for hydroxylation is 1. The third-order valence-corrected chi connectivity index (χ3v) is 3.62. The number of nitrogens with one attached hydrogen (secondary N) is 2. The second-order valence-electron chi connectivity index (χ2n) is 6.94. The van der Waals surface area contributed by atoms with E-state index in [1.807, 2.05) is 37.3 Å². The molecule has 0 saturated heterocycles. The molecule has 0 spiro atoms. The Kier molecular flexibility index (Phi) is 5.58. The van der Waals surface area contributed by atoms with Gasteiger partial charge < -0.3 is 16.4 Å². The molecule has 4 N–H and O–H groups in total. The highest BCUT2D eigenvalue weighted by atomic mass is 16.2. The molecule has 7 heteroatoms. The highest BCUT2D eigenvalue weighted by Crippen LogP contribution is 2.26. The molecule has 0 unspecified atom stereocenters. The van der Waals surface area contributed by atoms with Gasteiger partial charge in [0, 0.05) is 11.5 Å². The van der Waals surface area contributed by atoms with Gasteiger partial charge in [0.25, 0.3) is 0 Å². The molecule has 0 fully saturated rings. The van der Waals surface area contributed by atoms with E-state index in [0.29, 0.717) is 5.82 Å². The normalized spacial score (nSPS) is 11.2. The predicted octanol–water partition coefficient (Wildman–Crippen LogP) is 1.49. The van der Waals surface area contributed by atoms with Gasteiger partial charge in [0.1, 0.15) is 5.82 Å². The number of nitrogens with two attached hydrogens (primary N) is 1. The van der Waals surface area contributed by atoms with Gasteiger partial charge >= 0.3 is 0 Å². The van der Waals surface area contributed by atoms with E-state index in [9.17, 15) is 9.59 Å². The standard InChI is InChI=1S/C18H25N5O2/c1-12-6-5-7-13(8-12)23-15(9-14(22-23)18(2,3)4)21-17(25)11-20-16(24)10-19/h5-9H,10-11,19H2,1-4H3,(H,20,24)(H,21,25). The van der Waals surface area contributed by atoms with E-state index in [2.05, 4.69) is 36.5 Å². The fourth-order valence-electron chi connectivity index (χ4n) is 2.23. The van der Waals surface area contributed by atoms with Crippen LogP contribution in [0.3, 0.4) is 0 Å². The van der Waals surface area contributed by atoms with Gasteiger partial charge in [-0.1, -0.05) is 32.9 Å². The molecule has 25 heavy (non-hydrogen) atoms. The summed E-state index contributed by atoms with van der Waals surface area (Å²) in [6.07, 6.45) is 0. The lowest BCUT2D eigenvalue weighted by atomic mass is 9.92. The molecule has 134 valence electrons. The highest BCUT2D eigenvalue weighted by molar-refractivity contribution is 5.94. The highest BCUT2D eigenvalue weighted by Gasteiger charge is 2.21. The lowest BCUT2D eigenvalue weighted by Gasteiger charge is -2.14. The number of carbonyl (C=O) groups is 2. The number of anilines is 1. The molecular weight excluding hydrogens is 318 g/mol. The van der Waals surface area contributed by atoms with Crippen molar-refractivity contribution in [3.8, 4) is 5.69 Å². The summed E-state index contributed by atoms with van der Waals surface area (Å²) >= 11 is 0. The van der Waals surface area contributed by atoms with Crippen molar-refractivity contribution in [3.63, 3.8) is 0 Å². The van der Waals surface area contributed by atoms with Crippen molar-refractivity contribution in [1.82, 2.24) is 15.1 Å². The predicted molar refractivity (Wildman–Crippen MR) is 97.7 cm³/mol. The number of aromatic nitrogens is 2. The van der Waals surface area contributed by atoms with E-state index in [1.54, 1.807) is 4.68 Å². The van der Waals surface area contributed by atoms with Gasteiger partial charge in [-0.05, 0) is 24.6 Å². The van der Waals surface area contributed by atoms with Crippen LogP contribution >= 0.6 is 0 Å². The Morgan fingerprint density at radius 1 is 1.20 bits per heavy atom. The fraction of sp³-hybridized carbons (Fsp3) is 0.389. The quantitative estimate of drug-likeness (QED) is 0.765. The average Bonchev–Trinajstić information content (AvgIpc) is 2.96. The van der Waals surface area contributed by atoms with Gasteiger partial charge in [0.15, 0.2) is 0 Å². The maximum atomic E-state index is 12.1. The number of amides is 2. The molecule has 1 heterocycles. The zero-order chi connectivity index (χ0) is 18.6. The molecule has 1 aromatic heterocycles. The number of carbonyl (C=O) groups excluding carboxylic acids is 2. The Morgan fingerprint density at radius 2 is 1.92 bits per heavy atom. The SMILES string of the molecule is Cc1cccc(-n2nc(C(C)(C)C)cc2NC(=O)CNC(=O)CN)c1. The van der Waals surface area contributed by atoms with Crippen LogP contribution in [0.15, 0.2) is 30.3 Å². The molecule has 0 atom stereocenters. The fourth-order valence-corrected chi connectivity index (χ4v) is 2.23. The topological polar surface area (TPSA) is 102 Å². The molecule has 1 aromatic carbocycles. The molecule has 0 aliphatic rings. The molecule has 2 aromatic rings. The number of rotatable bonds is 5. The molecule has 2 rings (SSSR count). The Morgan fingerprint density at radius 3 is 2.52 bits per heavy atom. The minimum atomic E-state index is -0.377. The van der Waals surface area contributed by atoms with Crippen LogP contribution in [0, 0.1) is 6.92 Å². The molecule has 0 bridgehead atoms. The maximum absolute atomic E-state index is 12.1. The molecule has 0 aliphatic heterocycles. The zero-order valence-electron chi connectivity index (χ0n) is 15.1. The second-order valence-corrected chi connectivity index (χ2v) is 6.94. The van der Waals surface area contributed by atoms with Crippen LogP contribution < -0.4 is 16.4 Å². The molecular formula is C18H25N5O2. The Bertz CT molecular complexity index is 774. The van der Waals surface area contributed by atoms with Crippen LogP contribution in [0.1, 0.15) is 32.0 Å². The van der Waals surface area contributed by atoms with E-state index in [-0.39, 0.29) is 30.3 Å². The van der Waals surface area contributed by atoms with E-state index in [4.69, 9.17) is 5.73 Å². The Hall–Kier alpha value is -2.67. The Labute approximate surface area is 147 Å². The van der Waals surface area contributed by atoms with E-state index in [1.165, 1.54) is 0 Å². The van der Waals surface area contributed by atoms with Crippen LogP contribution in [0.4, 0.5) is 5.82 Å². The summed E-state index contributed by atoms with van der Waals surface area (Å²) in [5.74, 6) is -0.156. The van der Waals surface area contributed by atoms with E-state index < -0.39 is 0 Å². The summed E-state index contributed by atoms with van der Waals surface area (Å²) < 4.78 is 1.70. The largest absolute Gasteiger partial charge is 0.346 e. The van der Waals surface area contributed by atoms with E-state index >= 15 is 0 Å². The first kappa shape index (κ1) is 18.7. The summed E-state index contributed by atoms with van der Waals surface area (Å²) in [6, 6.07) is 9.71. The van der Waals surface area contributed by atoms with Crippen molar-refractivity contribution in [2.24, 2.45) is 5.73 Å². The van der Waals surface area contributed by atoms with Crippen LogP contribution in [0.5, 0.6) is 0 Å². The summed E-state index contributed by atoms with van der Waals surface area (Å²) in [6.45, 7) is 7.88. The minimum Gasteiger partial charge on any atom is -0.346 e. The maximum Gasteiger partial charge on any atom is 0.244 e. The van der Waals surface area contributed by atoms with Crippen molar-refractivity contribution in [2.75, 3.05) is 18.4 Å². The Balaban J connectivity index is 2.31. The summed E-state index contributed by atoms with van der Waals surface area (Å²) in [5.41, 5.74) is 7.86. The summed E-state index contributed by atoms with van der Waals surface area (Å²) in [4.78, 5) is 23.3. The third-order valence-electron chi connectivity index (χ3n) is 3.62. The molecule has 0 saturated carbocycles. The molecule has 0 radical (unpaired) electrons. The van der Waals surface area contributed by atoms with Crippen LogP contribution in [-0.2, 0) is 15.0 Å². The summed E-state index contributed by atoms with van der Waals surface area (Å²) in [7, 11) is 0. The van der Waals surface area contributed by atoms with Gasteiger partial charge in [-0.15, -0.1) is 0 Å². The van der Waals surface area contributed by atoms with Crippen molar-refractivity contribution in [1.29, 1.82) is 0 Å². The van der Waals surface area contributed by atoms with Crippen molar-refractivity contribution < 1.29 is 9.59 Å². The number of benzene rings is 1. The average molecular weight is 343 g/mol. The number of nitrogens with zero attached hydrogens (tertiary/aromatic N) is 2. The minimum absolute atomic E-state index is 0.139. The molecule has 7 nitrogen and oxygen atoms in total. The number of hydrogen-bond acceptors (Lipinski definition) is 4. The first-order chi connectivity index (χ1) is 11.7. The van der Waals surface area contributed by atoms with Gasteiger partial charge in [0.05, 0.1) is 24.5 Å². The van der Waals surface area contributed by atoms with Crippen LogP contribution in [-0.4, -0.2) is 34.7 Å². The van der Waals surface area contributed by atoms with Gasteiger partial charge in [0.2, 0.25) is 11.8 Å².